The maximum Gasteiger partial charge on any atom is 0.183 e. The van der Waals surface area contributed by atoms with Crippen LogP contribution >= 0.6 is 22.9 Å². The smallest absolute Gasteiger partial charge is 0.183 e. The van der Waals surface area contributed by atoms with E-state index in [0.717, 1.165) is 13.1 Å². The first kappa shape index (κ1) is 12.9. The molecule has 0 aliphatic heterocycles. The molecule has 1 aromatic rings. The monoisotopic (exact) mass is 246 g/mol. The summed E-state index contributed by atoms with van der Waals surface area (Å²) < 4.78 is 0.637. The lowest BCUT2D eigenvalue weighted by Gasteiger charge is -2.27. The minimum absolute atomic E-state index is 0.563. The van der Waals surface area contributed by atoms with Crippen LogP contribution in [-0.2, 0) is 6.54 Å². The topological polar surface area (TPSA) is 16.1 Å². The lowest BCUT2D eigenvalue weighted by atomic mass is 10.2. The molecule has 0 spiro atoms. The highest BCUT2D eigenvalue weighted by Crippen LogP contribution is 2.20. The quantitative estimate of drug-likeness (QED) is 0.788. The van der Waals surface area contributed by atoms with E-state index in [1.165, 1.54) is 4.88 Å². The van der Waals surface area contributed by atoms with Crippen molar-refractivity contribution in [1.82, 2.24) is 9.88 Å². The van der Waals surface area contributed by atoms with E-state index in [4.69, 9.17) is 11.6 Å². The predicted molar refractivity (Wildman–Crippen MR) is 67.5 cm³/mol. The van der Waals surface area contributed by atoms with E-state index >= 15 is 0 Å². The van der Waals surface area contributed by atoms with Gasteiger partial charge in [0.05, 0.1) is 0 Å². The first-order chi connectivity index (χ1) is 6.99. The molecule has 86 valence electrons. The Hall–Kier alpha value is -0.120. The molecule has 0 aliphatic carbocycles. The van der Waals surface area contributed by atoms with Crippen LogP contribution in [0.5, 0.6) is 0 Å². The van der Waals surface area contributed by atoms with E-state index < -0.39 is 0 Å². The van der Waals surface area contributed by atoms with Gasteiger partial charge >= 0.3 is 0 Å². The zero-order chi connectivity index (χ0) is 11.4. The van der Waals surface area contributed by atoms with Gasteiger partial charge in [0.25, 0.3) is 0 Å². The van der Waals surface area contributed by atoms with Crippen molar-refractivity contribution in [3.05, 3.63) is 15.5 Å². The highest BCUT2D eigenvalue weighted by molar-refractivity contribution is 7.15. The molecule has 2 nitrogen and oxygen atoms in total. The first-order valence-corrected chi connectivity index (χ1v) is 6.52. The molecule has 0 saturated carbocycles. The van der Waals surface area contributed by atoms with Crippen LogP contribution in [0.15, 0.2) is 6.20 Å². The molecule has 1 rings (SSSR count). The third-order valence-corrected chi connectivity index (χ3v) is 3.31. The number of halogens is 1. The molecule has 1 heterocycles. The average molecular weight is 247 g/mol. The summed E-state index contributed by atoms with van der Waals surface area (Å²) in [6, 6.07) is 0.563. The number of thiazole rings is 1. The van der Waals surface area contributed by atoms with Gasteiger partial charge in [-0.2, -0.15) is 0 Å². The number of aromatic nitrogens is 1. The van der Waals surface area contributed by atoms with Gasteiger partial charge in [0.1, 0.15) is 0 Å². The number of hydrogen-bond acceptors (Lipinski definition) is 3. The van der Waals surface area contributed by atoms with Crippen LogP contribution in [-0.4, -0.2) is 22.5 Å². The maximum absolute atomic E-state index is 5.82. The molecular weight excluding hydrogens is 228 g/mol. The summed E-state index contributed by atoms with van der Waals surface area (Å²) in [5.41, 5.74) is 0. The van der Waals surface area contributed by atoms with Crippen molar-refractivity contribution >= 4 is 22.9 Å². The molecule has 0 amide bonds. The van der Waals surface area contributed by atoms with Gasteiger partial charge in [0.15, 0.2) is 4.47 Å². The van der Waals surface area contributed by atoms with E-state index in [9.17, 15) is 0 Å². The van der Waals surface area contributed by atoms with Crippen molar-refractivity contribution in [2.45, 2.75) is 40.3 Å². The van der Waals surface area contributed by atoms with Crippen molar-refractivity contribution in [1.29, 1.82) is 0 Å². The SMILES string of the molecule is CC(C)CN(Cc1cnc(Cl)s1)C(C)C. The van der Waals surface area contributed by atoms with Gasteiger partial charge in [0, 0.05) is 30.2 Å². The van der Waals surface area contributed by atoms with Crippen LogP contribution in [0.25, 0.3) is 0 Å². The second-order valence-electron chi connectivity index (χ2n) is 4.50. The van der Waals surface area contributed by atoms with Crippen molar-refractivity contribution in [2.24, 2.45) is 5.92 Å². The first-order valence-electron chi connectivity index (χ1n) is 5.33. The number of rotatable bonds is 5. The van der Waals surface area contributed by atoms with Gasteiger partial charge in [0.2, 0.25) is 0 Å². The third kappa shape index (κ3) is 4.49. The van der Waals surface area contributed by atoms with Crippen LogP contribution < -0.4 is 0 Å². The highest BCUT2D eigenvalue weighted by atomic mass is 35.5. The standard InChI is InChI=1S/C11H19ClN2S/c1-8(2)6-14(9(3)4)7-10-5-13-11(12)15-10/h5,8-9H,6-7H2,1-4H3. The molecule has 0 N–H and O–H groups in total. The third-order valence-electron chi connectivity index (χ3n) is 2.21. The molecule has 1 aromatic heterocycles. The molecule has 0 fully saturated rings. The molecule has 0 aliphatic rings. The fraction of sp³-hybridized carbons (Fsp3) is 0.727. The Balaban J connectivity index is 2.58. The molecule has 15 heavy (non-hydrogen) atoms. The molecular formula is C11H19ClN2S. The van der Waals surface area contributed by atoms with E-state index in [2.05, 4.69) is 37.6 Å². The van der Waals surface area contributed by atoms with Gasteiger partial charge in [-0.25, -0.2) is 4.98 Å². The minimum atomic E-state index is 0.563. The molecule has 0 saturated heterocycles. The summed E-state index contributed by atoms with van der Waals surface area (Å²) in [5.74, 6) is 0.691. The second-order valence-corrected chi connectivity index (χ2v) is 6.19. The van der Waals surface area contributed by atoms with Crippen molar-refractivity contribution < 1.29 is 0 Å². The molecule has 0 atom stereocenters. The summed E-state index contributed by atoms with van der Waals surface area (Å²) in [6.45, 7) is 11.0. The molecule has 4 heteroatoms. The fourth-order valence-corrected chi connectivity index (χ4v) is 2.49. The van der Waals surface area contributed by atoms with Crippen LogP contribution in [0.4, 0.5) is 0 Å². The summed E-state index contributed by atoms with van der Waals surface area (Å²) in [7, 11) is 0. The number of nitrogens with zero attached hydrogens (tertiary/aromatic N) is 2. The van der Waals surface area contributed by atoms with Crippen LogP contribution in [0.1, 0.15) is 32.6 Å². The van der Waals surface area contributed by atoms with Crippen LogP contribution in [0, 0.1) is 5.92 Å². The largest absolute Gasteiger partial charge is 0.296 e. The minimum Gasteiger partial charge on any atom is -0.296 e. The van der Waals surface area contributed by atoms with Crippen molar-refractivity contribution in [2.75, 3.05) is 6.54 Å². The summed E-state index contributed by atoms with van der Waals surface area (Å²) in [5, 5.41) is 0. The van der Waals surface area contributed by atoms with E-state index in [0.29, 0.717) is 16.4 Å². The average Bonchev–Trinajstić information content (AvgIpc) is 2.49. The number of hydrogen-bond donors (Lipinski definition) is 0. The Kier molecular flexibility index (Phi) is 5.03. The van der Waals surface area contributed by atoms with Gasteiger partial charge in [-0.3, -0.25) is 4.90 Å². The van der Waals surface area contributed by atoms with E-state index in [1.807, 2.05) is 6.20 Å². The Morgan fingerprint density at radius 1 is 1.40 bits per heavy atom. The normalized spacial score (nSPS) is 12.0. The van der Waals surface area contributed by atoms with Gasteiger partial charge in [-0.05, 0) is 19.8 Å². The molecule has 0 aromatic carbocycles. The fourth-order valence-electron chi connectivity index (χ4n) is 1.48. The van der Waals surface area contributed by atoms with Gasteiger partial charge in [-0.1, -0.05) is 25.4 Å². The lowest BCUT2D eigenvalue weighted by molar-refractivity contribution is 0.191. The van der Waals surface area contributed by atoms with Gasteiger partial charge in [-0.15, -0.1) is 11.3 Å². The van der Waals surface area contributed by atoms with Crippen LogP contribution in [0.2, 0.25) is 4.47 Å². The van der Waals surface area contributed by atoms with Gasteiger partial charge < -0.3 is 0 Å². The molecule has 0 radical (unpaired) electrons. The Morgan fingerprint density at radius 2 is 2.07 bits per heavy atom. The zero-order valence-electron chi connectivity index (χ0n) is 9.83. The second kappa shape index (κ2) is 5.83. The lowest BCUT2D eigenvalue weighted by Crippen LogP contribution is -2.33. The van der Waals surface area contributed by atoms with E-state index in [1.54, 1.807) is 11.3 Å². The highest BCUT2D eigenvalue weighted by Gasteiger charge is 2.13. The Morgan fingerprint density at radius 3 is 2.47 bits per heavy atom. The Labute approximate surface area is 101 Å². The summed E-state index contributed by atoms with van der Waals surface area (Å²) in [6.07, 6.45) is 1.88. The molecule has 0 bridgehead atoms. The summed E-state index contributed by atoms with van der Waals surface area (Å²) in [4.78, 5) is 7.76. The summed E-state index contributed by atoms with van der Waals surface area (Å²) >= 11 is 7.39. The van der Waals surface area contributed by atoms with E-state index in [-0.39, 0.29) is 0 Å². The predicted octanol–water partition coefficient (Wildman–Crippen LogP) is 3.66. The molecule has 0 unspecified atom stereocenters. The van der Waals surface area contributed by atoms with Crippen molar-refractivity contribution in [3.8, 4) is 0 Å². The zero-order valence-corrected chi connectivity index (χ0v) is 11.4. The maximum atomic E-state index is 5.82. The van der Waals surface area contributed by atoms with Crippen molar-refractivity contribution in [3.63, 3.8) is 0 Å². The van der Waals surface area contributed by atoms with Crippen LogP contribution in [0.3, 0.4) is 0 Å². The Bertz CT molecular complexity index is 297.